The fourth-order valence-electron chi connectivity index (χ4n) is 3.77. The molecule has 1 aliphatic rings. The molecule has 21 heavy (non-hydrogen) atoms. The van der Waals surface area contributed by atoms with Gasteiger partial charge in [0.1, 0.15) is 0 Å². The minimum Gasteiger partial charge on any atom is -0.358 e. The highest BCUT2D eigenvalue weighted by atomic mass is 15.1. The number of para-hydroxylation sites is 1. The topological polar surface area (TPSA) is 19.0 Å². The number of hydrogen-bond acceptors (Lipinski definition) is 1. The van der Waals surface area contributed by atoms with Crippen molar-refractivity contribution in [1.29, 1.82) is 0 Å². The zero-order valence-corrected chi connectivity index (χ0v) is 13.5. The summed E-state index contributed by atoms with van der Waals surface area (Å²) in [4.78, 5) is 6.37. The normalized spacial score (nSPS) is 20.8. The van der Waals surface area contributed by atoms with Gasteiger partial charge in [0.05, 0.1) is 0 Å². The van der Waals surface area contributed by atoms with Crippen LogP contribution in [0.3, 0.4) is 0 Å². The minimum absolute atomic E-state index is 0.842. The van der Waals surface area contributed by atoms with E-state index in [4.69, 9.17) is 0 Å². The first-order valence-electron chi connectivity index (χ1n) is 8.62. The van der Waals surface area contributed by atoms with Crippen molar-refractivity contribution in [3.05, 3.63) is 35.5 Å². The molecule has 1 atom stereocenters. The Bertz CT molecular complexity index is 584. The minimum atomic E-state index is 0.842. The maximum absolute atomic E-state index is 3.68. The number of rotatable bonds is 3. The van der Waals surface area contributed by atoms with E-state index in [0.717, 1.165) is 5.92 Å². The molecule has 0 saturated carbocycles. The van der Waals surface area contributed by atoms with E-state index in [0.29, 0.717) is 0 Å². The van der Waals surface area contributed by atoms with Crippen LogP contribution in [0.15, 0.2) is 24.3 Å². The summed E-state index contributed by atoms with van der Waals surface area (Å²) in [5, 5.41) is 1.44. The summed E-state index contributed by atoms with van der Waals surface area (Å²) in [6.07, 6.45) is 6.28. The van der Waals surface area contributed by atoms with Gasteiger partial charge in [0.15, 0.2) is 0 Å². The van der Waals surface area contributed by atoms with Crippen molar-refractivity contribution in [3.8, 4) is 0 Å². The van der Waals surface area contributed by atoms with Crippen LogP contribution in [0.1, 0.15) is 44.4 Å². The monoisotopic (exact) mass is 284 g/mol. The van der Waals surface area contributed by atoms with Gasteiger partial charge in [-0.05, 0) is 49.8 Å². The molecular weight excluding hydrogens is 256 g/mol. The number of aromatic amines is 1. The fraction of sp³-hybridized carbons (Fsp3) is 0.579. The van der Waals surface area contributed by atoms with Crippen molar-refractivity contribution < 1.29 is 0 Å². The average Bonchev–Trinajstić information content (AvgIpc) is 2.88. The van der Waals surface area contributed by atoms with Crippen LogP contribution < -0.4 is 0 Å². The Morgan fingerprint density at radius 3 is 2.86 bits per heavy atom. The van der Waals surface area contributed by atoms with E-state index in [1.807, 2.05) is 0 Å². The average molecular weight is 284 g/mol. The summed E-state index contributed by atoms with van der Waals surface area (Å²) in [6, 6.07) is 8.80. The van der Waals surface area contributed by atoms with Gasteiger partial charge >= 0.3 is 0 Å². The summed E-state index contributed by atoms with van der Waals surface area (Å²) >= 11 is 0. The van der Waals surface area contributed by atoms with Crippen molar-refractivity contribution in [3.63, 3.8) is 0 Å². The summed E-state index contributed by atoms with van der Waals surface area (Å²) in [5.74, 6) is 0.842. The van der Waals surface area contributed by atoms with E-state index in [1.165, 1.54) is 68.3 Å². The molecule has 0 unspecified atom stereocenters. The van der Waals surface area contributed by atoms with E-state index in [2.05, 4.69) is 48.0 Å². The first kappa shape index (κ1) is 14.6. The first-order valence-corrected chi connectivity index (χ1v) is 8.62. The van der Waals surface area contributed by atoms with Gasteiger partial charge in [-0.15, -0.1) is 0 Å². The zero-order chi connectivity index (χ0) is 14.7. The number of nitrogens with zero attached hydrogens (tertiary/aromatic N) is 1. The Balaban J connectivity index is 1.92. The van der Waals surface area contributed by atoms with E-state index in [1.54, 1.807) is 5.56 Å². The van der Waals surface area contributed by atoms with Gasteiger partial charge in [-0.25, -0.2) is 0 Å². The lowest BCUT2D eigenvalue weighted by molar-refractivity contribution is 0.226. The lowest BCUT2D eigenvalue weighted by Crippen LogP contribution is -2.31. The summed E-state index contributed by atoms with van der Waals surface area (Å²) in [7, 11) is 0. The third-order valence-electron chi connectivity index (χ3n) is 5.02. The SMILES string of the molecule is CCCN1CCc2c([nH]c3ccccc23)CC[C@H](CC)C1. The molecule has 0 radical (unpaired) electrons. The molecule has 1 aromatic heterocycles. The van der Waals surface area contributed by atoms with Crippen molar-refractivity contribution in [2.24, 2.45) is 5.92 Å². The van der Waals surface area contributed by atoms with Crippen LogP contribution in [0.5, 0.6) is 0 Å². The molecule has 2 heterocycles. The van der Waals surface area contributed by atoms with Crippen LogP contribution >= 0.6 is 0 Å². The molecule has 1 aromatic carbocycles. The molecule has 114 valence electrons. The number of fused-ring (bicyclic) bond motifs is 3. The molecule has 2 nitrogen and oxygen atoms in total. The molecule has 1 aliphatic heterocycles. The van der Waals surface area contributed by atoms with E-state index >= 15 is 0 Å². The summed E-state index contributed by atoms with van der Waals surface area (Å²) < 4.78 is 0. The van der Waals surface area contributed by atoms with Crippen LogP contribution in [0.2, 0.25) is 0 Å². The largest absolute Gasteiger partial charge is 0.358 e. The smallest absolute Gasteiger partial charge is 0.0458 e. The lowest BCUT2D eigenvalue weighted by Gasteiger charge is -2.25. The number of nitrogens with one attached hydrogen (secondary N) is 1. The number of aryl methyl sites for hydroxylation is 1. The van der Waals surface area contributed by atoms with Crippen molar-refractivity contribution >= 4 is 10.9 Å². The molecule has 0 aliphatic carbocycles. The molecule has 0 fully saturated rings. The van der Waals surface area contributed by atoms with Crippen LogP contribution in [0, 0.1) is 5.92 Å². The standard InChI is InChI=1S/C19H28N2/c1-3-12-21-13-11-17-16-7-5-6-8-18(16)20-19(17)10-9-15(4-2)14-21/h5-8,15,20H,3-4,9-14H2,1-2H3/t15-/m0/s1. The molecule has 0 bridgehead atoms. The maximum Gasteiger partial charge on any atom is 0.0458 e. The predicted octanol–water partition coefficient (Wildman–Crippen LogP) is 4.39. The second-order valence-corrected chi connectivity index (χ2v) is 6.49. The fourth-order valence-corrected chi connectivity index (χ4v) is 3.77. The van der Waals surface area contributed by atoms with Gasteiger partial charge in [0.25, 0.3) is 0 Å². The predicted molar refractivity (Wildman–Crippen MR) is 90.8 cm³/mol. The molecule has 0 amide bonds. The summed E-state index contributed by atoms with van der Waals surface area (Å²) in [6.45, 7) is 8.38. The van der Waals surface area contributed by atoms with E-state index in [9.17, 15) is 0 Å². The van der Waals surface area contributed by atoms with E-state index < -0.39 is 0 Å². The Labute approximate surface area is 128 Å². The molecule has 0 saturated heterocycles. The Morgan fingerprint density at radius 2 is 2.05 bits per heavy atom. The molecule has 2 aromatic rings. The van der Waals surface area contributed by atoms with Gasteiger partial charge < -0.3 is 9.88 Å². The van der Waals surface area contributed by atoms with Crippen LogP contribution in [-0.4, -0.2) is 29.5 Å². The molecule has 2 heteroatoms. The van der Waals surface area contributed by atoms with E-state index in [-0.39, 0.29) is 0 Å². The highest BCUT2D eigenvalue weighted by Crippen LogP contribution is 2.27. The zero-order valence-electron chi connectivity index (χ0n) is 13.5. The molecule has 1 N–H and O–H groups in total. The Hall–Kier alpha value is -1.28. The van der Waals surface area contributed by atoms with Crippen molar-refractivity contribution in [2.45, 2.75) is 46.0 Å². The lowest BCUT2D eigenvalue weighted by atomic mass is 9.98. The van der Waals surface area contributed by atoms with Gasteiger partial charge in [-0.3, -0.25) is 0 Å². The highest BCUT2D eigenvalue weighted by Gasteiger charge is 2.19. The number of aromatic nitrogens is 1. The van der Waals surface area contributed by atoms with Crippen LogP contribution in [-0.2, 0) is 12.8 Å². The second-order valence-electron chi connectivity index (χ2n) is 6.49. The van der Waals surface area contributed by atoms with Gasteiger partial charge in [0, 0.05) is 29.7 Å². The quantitative estimate of drug-likeness (QED) is 0.885. The number of benzene rings is 1. The maximum atomic E-state index is 3.68. The van der Waals surface area contributed by atoms with Gasteiger partial charge in [0.2, 0.25) is 0 Å². The Kier molecular flexibility index (Phi) is 4.64. The van der Waals surface area contributed by atoms with Crippen LogP contribution in [0.25, 0.3) is 10.9 Å². The van der Waals surface area contributed by atoms with Gasteiger partial charge in [-0.1, -0.05) is 38.5 Å². The summed E-state index contributed by atoms with van der Waals surface area (Å²) in [5.41, 5.74) is 4.38. The number of H-pyrrole nitrogens is 1. The van der Waals surface area contributed by atoms with Crippen molar-refractivity contribution in [2.75, 3.05) is 19.6 Å². The second kappa shape index (κ2) is 6.65. The number of hydrogen-bond donors (Lipinski definition) is 1. The van der Waals surface area contributed by atoms with Crippen LogP contribution in [0.4, 0.5) is 0 Å². The van der Waals surface area contributed by atoms with Crippen molar-refractivity contribution in [1.82, 2.24) is 9.88 Å². The first-order chi connectivity index (χ1) is 10.3. The molecule has 3 rings (SSSR count). The highest BCUT2D eigenvalue weighted by molar-refractivity contribution is 5.84. The molecular formula is C19H28N2. The molecule has 0 spiro atoms. The van der Waals surface area contributed by atoms with Gasteiger partial charge in [-0.2, -0.15) is 0 Å². The Morgan fingerprint density at radius 1 is 1.19 bits per heavy atom. The third kappa shape index (κ3) is 3.16. The third-order valence-corrected chi connectivity index (χ3v) is 5.02.